The number of nitrogens with zero attached hydrogens (tertiary/aromatic N) is 1. The molecule has 1 rings (SSSR count). The molecule has 1 heterocycles. The van der Waals surface area contributed by atoms with Crippen LogP contribution in [0.5, 0.6) is 0 Å². The lowest BCUT2D eigenvalue weighted by molar-refractivity contribution is -0.117. The second-order valence-electron chi connectivity index (χ2n) is 3.65. The molecule has 13 heavy (non-hydrogen) atoms. The second-order valence-corrected chi connectivity index (χ2v) is 5.06. The monoisotopic (exact) mass is 201 g/mol. The van der Waals surface area contributed by atoms with E-state index < -0.39 is 0 Å². The lowest BCUT2D eigenvalue weighted by Gasteiger charge is -2.31. The molecule has 76 valence electrons. The van der Waals surface area contributed by atoms with Crippen molar-refractivity contribution in [2.24, 2.45) is 0 Å². The summed E-state index contributed by atoms with van der Waals surface area (Å²) < 4.78 is 0. The molecule has 0 spiro atoms. The summed E-state index contributed by atoms with van der Waals surface area (Å²) in [5.74, 6) is 1.54. The summed E-state index contributed by atoms with van der Waals surface area (Å²) in [6.07, 6.45) is 1.97. The van der Waals surface area contributed by atoms with Gasteiger partial charge in [0.05, 0.1) is 0 Å². The first kappa shape index (κ1) is 11.1. The molecule has 1 aliphatic heterocycles. The fourth-order valence-electron chi connectivity index (χ4n) is 1.55. The van der Waals surface area contributed by atoms with E-state index in [0.717, 1.165) is 24.8 Å². The van der Waals surface area contributed by atoms with E-state index >= 15 is 0 Å². The van der Waals surface area contributed by atoms with Gasteiger partial charge in [-0.05, 0) is 13.3 Å². The second kappa shape index (κ2) is 5.66. The Hall–Kier alpha value is -0.0200. The highest BCUT2D eigenvalue weighted by Crippen LogP contribution is 2.20. The molecular weight excluding hydrogens is 182 g/mol. The Morgan fingerprint density at radius 2 is 2.38 bits per heavy atom. The van der Waals surface area contributed by atoms with Crippen LogP contribution in [-0.4, -0.2) is 41.3 Å². The van der Waals surface area contributed by atoms with Crippen LogP contribution in [0.3, 0.4) is 0 Å². The third-order valence-corrected chi connectivity index (χ3v) is 3.83. The largest absolute Gasteiger partial charge is 0.301 e. The zero-order valence-electron chi connectivity index (χ0n) is 8.58. The van der Waals surface area contributed by atoms with E-state index in [1.54, 1.807) is 6.92 Å². The molecule has 3 heteroatoms. The Labute approximate surface area is 85.1 Å². The number of carbonyl (C=O) groups is 1. The van der Waals surface area contributed by atoms with Crippen LogP contribution >= 0.6 is 11.8 Å². The number of carbonyl (C=O) groups excluding carboxylic acids is 1. The molecular formula is C10H19NOS. The van der Waals surface area contributed by atoms with Crippen LogP contribution in [0.25, 0.3) is 0 Å². The van der Waals surface area contributed by atoms with Gasteiger partial charge in [0.2, 0.25) is 0 Å². The van der Waals surface area contributed by atoms with Gasteiger partial charge in [-0.15, -0.1) is 0 Å². The average Bonchev–Trinajstić information content (AvgIpc) is 2.15. The van der Waals surface area contributed by atoms with Gasteiger partial charge in [-0.25, -0.2) is 0 Å². The van der Waals surface area contributed by atoms with E-state index in [4.69, 9.17) is 0 Å². The maximum Gasteiger partial charge on any atom is 0.131 e. The number of thioether (sulfide) groups is 1. The highest BCUT2D eigenvalue weighted by Gasteiger charge is 2.18. The van der Waals surface area contributed by atoms with Gasteiger partial charge in [0.1, 0.15) is 5.78 Å². The summed E-state index contributed by atoms with van der Waals surface area (Å²) in [5.41, 5.74) is 0. The first-order chi connectivity index (χ1) is 6.22. The van der Waals surface area contributed by atoms with E-state index in [2.05, 4.69) is 23.6 Å². The number of hydrogen-bond acceptors (Lipinski definition) is 3. The molecule has 0 amide bonds. The zero-order valence-corrected chi connectivity index (χ0v) is 9.40. The molecule has 1 unspecified atom stereocenters. The van der Waals surface area contributed by atoms with E-state index in [1.165, 1.54) is 18.7 Å². The van der Waals surface area contributed by atoms with Gasteiger partial charge in [0, 0.05) is 37.1 Å². The van der Waals surface area contributed by atoms with E-state index in [-0.39, 0.29) is 0 Å². The van der Waals surface area contributed by atoms with Crippen LogP contribution in [0.1, 0.15) is 26.7 Å². The molecule has 1 aliphatic rings. The minimum absolute atomic E-state index is 0.311. The summed E-state index contributed by atoms with van der Waals surface area (Å²) in [5, 5.41) is 0.792. The van der Waals surface area contributed by atoms with Crippen molar-refractivity contribution < 1.29 is 4.79 Å². The van der Waals surface area contributed by atoms with Crippen molar-refractivity contribution in [3.8, 4) is 0 Å². The summed E-state index contributed by atoms with van der Waals surface area (Å²) in [6.45, 7) is 7.22. The summed E-state index contributed by atoms with van der Waals surface area (Å²) >= 11 is 2.07. The Balaban J connectivity index is 2.21. The molecule has 1 atom stereocenters. The standard InChI is InChI=1S/C10H19NOS/c1-3-10-8-11(6-7-13-10)5-4-9(2)12/h10H,3-8H2,1-2H3. The van der Waals surface area contributed by atoms with Gasteiger partial charge in [-0.1, -0.05) is 6.92 Å². The zero-order chi connectivity index (χ0) is 9.68. The lowest BCUT2D eigenvalue weighted by Crippen LogP contribution is -2.38. The SMILES string of the molecule is CCC1CN(CCC(C)=O)CCS1. The minimum atomic E-state index is 0.311. The Kier molecular flexibility index (Phi) is 4.81. The van der Waals surface area contributed by atoms with Crippen molar-refractivity contribution in [3.05, 3.63) is 0 Å². The van der Waals surface area contributed by atoms with Gasteiger partial charge >= 0.3 is 0 Å². The Morgan fingerprint density at radius 1 is 1.62 bits per heavy atom. The molecule has 0 aliphatic carbocycles. The topological polar surface area (TPSA) is 20.3 Å². The van der Waals surface area contributed by atoms with Crippen LogP contribution < -0.4 is 0 Å². The van der Waals surface area contributed by atoms with Crippen molar-refractivity contribution in [3.63, 3.8) is 0 Å². The predicted molar refractivity (Wildman–Crippen MR) is 58.3 cm³/mol. The lowest BCUT2D eigenvalue weighted by atomic mass is 10.2. The highest BCUT2D eigenvalue weighted by molar-refractivity contribution is 8.00. The van der Waals surface area contributed by atoms with E-state index in [9.17, 15) is 4.79 Å². The molecule has 0 aromatic carbocycles. The fraction of sp³-hybridized carbons (Fsp3) is 0.900. The first-order valence-corrected chi connectivity index (χ1v) is 6.10. The third-order valence-electron chi connectivity index (χ3n) is 2.46. The minimum Gasteiger partial charge on any atom is -0.301 e. The van der Waals surface area contributed by atoms with Crippen LogP contribution in [0.2, 0.25) is 0 Å². The van der Waals surface area contributed by atoms with Crippen molar-refractivity contribution in [1.29, 1.82) is 0 Å². The molecule has 0 saturated carbocycles. The van der Waals surface area contributed by atoms with Crippen LogP contribution in [0.15, 0.2) is 0 Å². The van der Waals surface area contributed by atoms with Crippen molar-refractivity contribution in [2.45, 2.75) is 31.9 Å². The van der Waals surface area contributed by atoms with E-state index in [1.807, 2.05) is 0 Å². The molecule has 0 N–H and O–H groups in total. The van der Waals surface area contributed by atoms with Crippen LogP contribution in [-0.2, 0) is 4.79 Å². The maximum absolute atomic E-state index is 10.8. The highest BCUT2D eigenvalue weighted by atomic mass is 32.2. The predicted octanol–water partition coefficient (Wildman–Crippen LogP) is 1.79. The number of ketones is 1. The van der Waals surface area contributed by atoms with E-state index in [0.29, 0.717) is 5.78 Å². The van der Waals surface area contributed by atoms with Gasteiger partial charge in [-0.3, -0.25) is 4.79 Å². The molecule has 2 nitrogen and oxygen atoms in total. The summed E-state index contributed by atoms with van der Waals surface area (Å²) in [4.78, 5) is 13.2. The molecule has 0 radical (unpaired) electrons. The maximum atomic E-state index is 10.8. The van der Waals surface area contributed by atoms with Crippen molar-refractivity contribution in [2.75, 3.05) is 25.4 Å². The molecule has 1 fully saturated rings. The Morgan fingerprint density at radius 3 is 3.00 bits per heavy atom. The fourth-order valence-corrected chi connectivity index (χ4v) is 2.79. The van der Waals surface area contributed by atoms with Gasteiger partial charge < -0.3 is 4.90 Å². The number of Topliss-reactive ketones (excluding diaryl/α,β-unsaturated/α-hetero) is 1. The molecule has 1 saturated heterocycles. The van der Waals surface area contributed by atoms with Crippen molar-refractivity contribution in [1.82, 2.24) is 4.90 Å². The quantitative estimate of drug-likeness (QED) is 0.691. The molecule has 0 aromatic heterocycles. The van der Waals surface area contributed by atoms with Gasteiger partial charge in [0.15, 0.2) is 0 Å². The Bertz CT molecular complexity index is 172. The average molecular weight is 201 g/mol. The van der Waals surface area contributed by atoms with Crippen LogP contribution in [0, 0.1) is 0 Å². The third kappa shape index (κ3) is 4.14. The first-order valence-electron chi connectivity index (χ1n) is 5.05. The summed E-state index contributed by atoms with van der Waals surface area (Å²) in [6, 6.07) is 0. The van der Waals surface area contributed by atoms with Crippen LogP contribution in [0.4, 0.5) is 0 Å². The normalized spacial score (nSPS) is 24.6. The molecule has 0 aromatic rings. The van der Waals surface area contributed by atoms with Gasteiger partial charge in [0.25, 0.3) is 0 Å². The number of hydrogen-bond donors (Lipinski definition) is 0. The summed E-state index contributed by atoms with van der Waals surface area (Å²) in [7, 11) is 0. The van der Waals surface area contributed by atoms with Gasteiger partial charge in [-0.2, -0.15) is 11.8 Å². The molecule has 0 bridgehead atoms. The smallest absolute Gasteiger partial charge is 0.131 e. The number of rotatable bonds is 4. The van der Waals surface area contributed by atoms with Crippen molar-refractivity contribution >= 4 is 17.5 Å².